The van der Waals surface area contributed by atoms with E-state index < -0.39 is 21.9 Å². The first-order chi connectivity index (χ1) is 21.1. The summed E-state index contributed by atoms with van der Waals surface area (Å²) in [5, 5.41) is 0. The van der Waals surface area contributed by atoms with Crippen molar-refractivity contribution in [2.45, 2.75) is 31.8 Å². The van der Waals surface area contributed by atoms with Gasteiger partial charge in [0.2, 0.25) is 10.0 Å². The van der Waals surface area contributed by atoms with Crippen molar-refractivity contribution in [3.05, 3.63) is 130 Å². The van der Waals surface area contributed by atoms with E-state index in [1.807, 2.05) is 37.3 Å². The van der Waals surface area contributed by atoms with E-state index in [0.717, 1.165) is 11.1 Å². The Hall–Kier alpha value is -4.93. The van der Waals surface area contributed by atoms with Gasteiger partial charge in [0.05, 0.1) is 42.5 Å². The van der Waals surface area contributed by atoms with Gasteiger partial charge >= 0.3 is 5.97 Å². The zero-order chi connectivity index (χ0) is 31.4. The van der Waals surface area contributed by atoms with Crippen LogP contribution in [0.5, 0.6) is 5.75 Å². The van der Waals surface area contributed by atoms with E-state index in [1.165, 1.54) is 29.5 Å². The lowest BCUT2D eigenvalue weighted by Gasteiger charge is -2.21. The van der Waals surface area contributed by atoms with Crippen LogP contribution in [0.4, 0.5) is 5.69 Å². The molecule has 0 saturated heterocycles. The summed E-state index contributed by atoms with van der Waals surface area (Å²) in [7, 11) is -1.11. The fourth-order valence-corrected chi connectivity index (χ4v) is 6.38. The molecule has 5 rings (SSSR count). The molecule has 10 heteroatoms. The minimum atomic E-state index is -3.89. The Morgan fingerprint density at radius 3 is 2.32 bits per heavy atom. The number of nitrogens with zero attached hydrogens (tertiary/aromatic N) is 2. The number of esters is 1. The minimum absolute atomic E-state index is 0.0586. The lowest BCUT2D eigenvalue weighted by atomic mass is 10.1. The molecule has 0 aliphatic carbocycles. The van der Waals surface area contributed by atoms with E-state index >= 15 is 0 Å². The molecule has 0 fully saturated rings. The lowest BCUT2D eigenvalue weighted by molar-refractivity contribution is -0.136. The first-order valence-corrected chi connectivity index (χ1v) is 15.3. The summed E-state index contributed by atoms with van der Waals surface area (Å²) in [4.78, 5) is 28.1. The number of furan rings is 1. The van der Waals surface area contributed by atoms with Gasteiger partial charge < -0.3 is 13.9 Å². The van der Waals surface area contributed by atoms with Crippen molar-refractivity contribution < 1.29 is 31.9 Å². The molecule has 1 aromatic heterocycles. The third kappa shape index (κ3) is 6.22. The maximum atomic E-state index is 13.7. The van der Waals surface area contributed by atoms with Gasteiger partial charge in [-0.15, -0.1) is 0 Å². The van der Waals surface area contributed by atoms with Gasteiger partial charge in [-0.1, -0.05) is 54.1 Å². The Labute approximate surface area is 256 Å². The van der Waals surface area contributed by atoms with Crippen molar-refractivity contribution in [2.24, 2.45) is 0 Å². The number of allylic oxidation sites excluding steroid dienone is 1. The largest absolute Gasteiger partial charge is 0.497 e. The molecule has 2 heterocycles. The van der Waals surface area contributed by atoms with Gasteiger partial charge in [0, 0.05) is 18.3 Å². The summed E-state index contributed by atoms with van der Waals surface area (Å²) in [6.45, 7) is 3.62. The smallest absolute Gasteiger partial charge is 0.340 e. The first kappa shape index (κ1) is 30.5. The van der Waals surface area contributed by atoms with Gasteiger partial charge in [-0.25, -0.2) is 13.2 Å². The standard InChI is InChI=1S/C34H32N2O7S/c1-23-13-17-30(18-14-23)44(39,40)35(21-25-9-6-5-7-10-25)22-29-16-15-28(43-29)20-31-32(34(38)42-4)24(2)36(33(31)37)26-11-8-12-27(19-26)41-3/h5-20H,21-22H2,1-4H3/b31-20+. The maximum Gasteiger partial charge on any atom is 0.340 e. The van der Waals surface area contributed by atoms with Crippen molar-refractivity contribution in [2.75, 3.05) is 19.1 Å². The number of sulfonamides is 1. The van der Waals surface area contributed by atoms with Crippen molar-refractivity contribution in [3.8, 4) is 5.75 Å². The molecule has 0 N–H and O–H groups in total. The van der Waals surface area contributed by atoms with Gasteiger partial charge in [-0.05, 0) is 61.9 Å². The molecule has 44 heavy (non-hydrogen) atoms. The van der Waals surface area contributed by atoms with Gasteiger partial charge in [0.25, 0.3) is 5.91 Å². The molecule has 226 valence electrons. The summed E-state index contributed by atoms with van der Waals surface area (Å²) in [5.74, 6) is 0.0760. The van der Waals surface area contributed by atoms with E-state index in [1.54, 1.807) is 67.6 Å². The topological polar surface area (TPSA) is 106 Å². The number of rotatable bonds is 10. The molecule has 1 amide bonds. The molecule has 1 aliphatic heterocycles. The van der Waals surface area contributed by atoms with E-state index in [-0.39, 0.29) is 34.9 Å². The number of amides is 1. The van der Waals surface area contributed by atoms with Crippen molar-refractivity contribution in [1.29, 1.82) is 0 Å². The molecule has 0 spiro atoms. The summed E-state index contributed by atoms with van der Waals surface area (Å²) in [6.07, 6.45) is 1.47. The maximum absolute atomic E-state index is 13.7. The van der Waals surface area contributed by atoms with Crippen LogP contribution in [0.1, 0.15) is 29.6 Å². The van der Waals surface area contributed by atoms with Crippen LogP contribution in [0, 0.1) is 6.92 Å². The third-order valence-corrected chi connectivity index (χ3v) is 9.07. The number of carbonyl (C=O) groups excluding carboxylic acids is 2. The van der Waals surface area contributed by atoms with Crippen LogP contribution in [-0.4, -0.2) is 38.8 Å². The highest BCUT2D eigenvalue weighted by Gasteiger charge is 2.38. The zero-order valence-corrected chi connectivity index (χ0v) is 25.6. The first-order valence-electron chi connectivity index (χ1n) is 13.8. The fraction of sp³-hybridized carbons (Fsp3) is 0.176. The predicted molar refractivity (Wildman–Crippen MR) is 166 cm³/mol. The highest BCUT2D eigenvalue weighted by atomic mass is 32.2. The van der Waals surface area contributed by atoms with E-state index in [2.05, 4.69) is 0 Å². The molecular formula is C34H32N2O7S. The Morgan fingerprint density at radius 2 is 1.64 bits per heavy atom. The number of hydrogen-bond acceptors (Lipinski definition) is 7. The number of methoxy groups -OCH3 is 2. The van der Waals surface area contributed by atoms with Crippen molar-refractivity contribution in [1.82, 2.24) is 4.31 Å². The number of aryl methyl sites for hydroxylation is 1. The van der Waals surface area contributed by atoms with Crippen LogP contribution in [-0.2, 0) is 37.4 Å². The summed E-state index contributed by atoms with van der Waals surface area (Å²) < 4.78 is 45.2. The monoisotopic (exact) mass is 612 g/mol. The van der Waals surface area contributed by atoms with Crippen LogP contribution in [0.15, 0.2) is 117 Å². The van der Waals surface area contributed by atoms with Crippen LogP contribution in [0.25, 0.3) is 6.08 Å². The molecule has 0 saturated carbocycles. The lowest BCUT2D eigenvalue weighted by Crippen LogP contribution is -2.30. The molecule has 0 bridgehead atoms. The van der Waals surface area contributed by atoms with Crippen LogP contribution < -0.4 is 9.64 Å². The quantitative estimate of drug-likeness (QED) is 0.163. The molecule has 0 unspecified atom stereocenters. The SMILES string of the molecule is COC(=O)C1=C(C)N(c2cccc(OC)c2)C(=O)/C1=C/c1ccc(CN(Cc2ccccc2)S(=O)(=O)c2ccc(C)cc2)o1. The van der Waals surface area contributed by atoms with Gasteiger partial charge in [-0.2, -0.15) is 4.31 Å². The molecule has 4 aromatic rings. The number of ether oxygens (including phenoxy) is 2. The molecule has 3 aromatic carbocycles. The van der Waals surface area contributed by atoms with E-state index in [0.29, 0.717) is 22.9 Å². The van der Waals surface area contributed by atoms with Gasteiger partial charge in [0.15, 0.2) is 0 Å². The molecular weight excluding hydrogens is 580 g/mol. The van der Waals surface area contributed by atoms with Crippen molar-refractivity contribution >= 4 is 33.7 Å². The second-order valence-electron chi connectivity index (χ2n) is 10.2. The van der Waals surface area contributed by atoms with E-state index in [4.69, 9.17) is 13.9 Å². The van der Waals surface area contributed by atoms with Crippen LogP contribution >= 0.6 is 0 Å². The summed E-state index contributed by atoms with van der Waals surface area (Å²) in [5.41, 5.74) is 2.87. The fourth-order valence-electron chi connectivity index (χ4n) is 4.99. The average Bonchev–Trinajstić information content (AvgIpc) is 3.57. The molecule has 9 nitrogen and oxygen atoms in total. The van der Waals surface area contributed by atoms with Crippen molar-refractivity contribution in [3.63, 3.8) is 0 Å². The van der Waals surface area contributed by atoms with Gasteiger partial charge in [-0.3, -0.25) is 9.69 Å². The summed E-state index contributed by atoms with van der Waals surface area (Å²) >= 11 is 0. The number of anilines is 1. The Bertz CT molecular complexity index is 1860. The number of hydrogen-bond donors (Lipinski definition) is 0. The Kier molecular flexibility index (Phi) is 8.84. The van der Waals surface area contributed by atoms with Gasteiger partial charge in [0.1, 0.15) is 17.3 Å². The third-order valence-electron chi connectivity index (χ3n) is 7.26. The van der Waals surface area contributed by atoms with Crippen LogP contribution in [0.2, 0.25) is 0 Å². The molecule has 1 aliphatic rings. The number of benzene rings is 3. The van der Waals surface area contributed by atoms with E-state index in [9.17, 15) is 18.0 Å². The summed E-state index contributed by atoms with van der Waals surface area (Å²) in [6, 6.07) is 26.2. The minimum Gasteiger partial charge on any atom is -0.497 e. The highest BCUT2D eigenvalue weighted by molar-refractivity contribution is 7.89. The predicted octanol–water partition coefficient (Wildman–Crippen LogP) is 5.86. The second-order valence-corrected chi connectivity index (χ2v) is 12.2. The number of carbonyl (C=O) groups is 2. The molecule has 0 radical (unpaired) electrons. The Balaban J connectivity index is 1.48. The Morgan fingerprint density at radius 1 is 0.909 bits per heavy atom. The average molecular weight is 613 g/mol. The molecule has 0 atom stereocenters. The highest BCUT2D eigenvalue weighted by Crippen LogP contribution is 2.37. The second kappa shape index (κ2) is 12.7. The zero-order valence-electron chi connectivity index (χ0n) is 24.8. The normalized spacial score (nSPS) is 14.5. The van der Waals surface area contributed by atoms with Crippen LogP contribution in [0.3, 0.4) is 0 Å².